The van der Waals surface area contributed by atoms with Crippen molar-refractivity contribution in [3.05, 3.63) is 28.2 Å². The van der Waals surface area contributed by atoms with Crippen molar-refractivity contribution in [2.24, 2.45) is 5.73 Å². The largest absolute Gasteiger partial charge is 0.327 e. The van der Waals surface area contributed by atoms with Crippen LogP contribution in [0.1, 0.15) is 18.9 Å². The molecule has 78 valence electrons. The van der Waals surface area contributed by atoms with Crippen LogP contribution in [0.2, 0.25) is 0 Å². The fourth-order valence-corrected chi connectivity index (χ4v) is 2.65. The third-order valence-corrected chi connectivity index (χ3v) is 3.95. The number of thioether (sulfide) groups is 1. The molecule has 1 rings (SSSR count). The van der Waals surface area contributed by atoms with Gasteiger partial charge in [-0.25, -0.2) is 0 Å². The Labute approximate surface area is 98.6 Å². The molecule has 0 aliphatic rings. The van der Waals surface area contributed by atoms with Crippen molar-refractivity contribution in [1.82, 2.24) is 0 Å². The monoisotopic (exact) mass is 273 g/mol. The summed E-state index contributed by atoms with van der Waals surface area (Å²) in [5.41, 5.74) is 7.21. The first kappa shape index (κ1) is 12.1. The number of hydrogen-bond acceptors (Lipinski definition) is 2. The maximum Gasteiger partial charge on any atom is 0.0313 e. The van der Waals surface area contributed by atoms with Gasteiger partial charge in [-0.15, -0.1) is 11.8 Å². The van der Waals surface area contributed by atoms with Crippen molar-refractivity contribution in [3.8, 4) is 0 Å². The van der Waals surface area contributed by atoms with Gasteiger partial charge in [-0.1, -0.05) is 13.0 Å². The Hall–Kier alpha value is 0.01000. The van der Waals surface area contributed by atoms with Crippen molar-refractivity contribution in [3.63, 3.8) is 0 Å². The van der Waals surface area contributed by atoms with Gasteiger partial charge in [0.15, 0.2) is 0 Å². The van der Waals surface area contributed by atoms with Crippen LogP contribution in [0.3, 0.4) is 0 Å². The molecule has 0 aliphatic carbocycles. The van der Waals surface area contributed by atoms with Gasteiger partial charge < -0.3 is 5.73 Å². The zero-order valence-electron chi connectivity index (χ0n) is 8.59. The molecule has 1 atom stereocenters. The molecule has 0 amide bonds. The summed E-state index contributed by atoms with van der Waals surface area (Å²) in [5.74, 6) is 0. The van der Waals surface area contributed by atoms with Gasteiger partial charge >= 0.3 is 0 Å². The number of halogens is 1. The highest BCUT2D eigenvalue weighted by Gasteiger charge is 2.04. The Bertz CT molecular complexity index is 301. The van der Waals surface area contributed by atoms with Gasteiger partial charge in [0.2, 0.25) is 0 Å². The summed E-state index contributed by atoms with van der Waals surface area (Å²) in [6, 6.07) is 6.75. The van der Waals surface area contributed by atoms with Gasteiger partial charge in [-0.3, -0.25) is 0 Å². The van der Waals surface area contributed by atoms with Crippen LogP contribution in [0.15, 0.2) is 27.6 Å². The van der Waals surface area contributed by atoms with E-state index >= 15 is 0 Å². The summed E-state index contributed by atoms with van der Waals surface area (Å²) in [6.07, 6.45) is 4.07. The van der Waals surface area contributed by atoms with E-state index in [4.69, 9.17) is 5.73 Å². The molecule has 0 aromatic heterocycles. The molecule has 0 fully saturated rings. The lowest BCUT2D eigenvalue weighted by atomic mass is 10.1. The average molecular weight is 274 g/mol. The Kier molecular flexibility index (Phi) is 4.99. The minimum absolute atomic E-state index is 0.280. The van der Waals surface area contributed by atoms with E-state index in [1.54, 1.807) is 11.8 Å². The smallest absolute Gasteiger partial charge is 0.0313 e. The Morgan fingerprint density at radius 2 is 2.21 bits per heavy atom. The van der Waals surface area contributed by atoms with Crippen LogP contribution in [0, 0.1) is 0 Å². The van der Waals surface area contributed by atoms with Crippen LogP contribution in [0.5, 0.6) is 0 Å². The first-order valence-electron chi connectivity index (χ1n) is 4.75. The van der Waals surface area contributed by atoms with Crippen molar-refractivity contribution >= 4 is 27.7 Å². The predicted molar refractivity (Wildman–Crippen MR) is 67.9 cm³/mol. The minimum atomic E-state index is 0.280. The zero-order valence-corrected chi connectivity index (χ0v) is 11.0. The second kappa shape index (κ2) is 5.79. The van der Waals surface area contributed by atoms with E-state index in [-0.39, 0.29) is 6.04 Å². The summed E-state index contributed by atoms with van der Waals surface area (Å²) >= 11 is 5.31. The highest BCUT2D eigenvalue weighted by atomic mass is 79.9. The molecule has 1 nitrogen and oxygen atoms in total. The van der Waals surface area contributed by atoms with E-state index in [0.717, 1.165) is 12.8 Å². The van der Waals surface area contributed by atoms with Gasteiger partial charge in [-0.2, -0.15) is 0 Å². The lowest BCUT2D eigenvalue weighted by Crippen LogP contribution is -2.21. The van der Waals surface area contributed by atoms with Gasteiger partial charge in [0.25, 0.3) is 0 Å². The topological polar surface area (TPSA) is 26.0 Å². The number of benzene rings is 1. The number of rotatable bonds is 4. The Morgan fingerprint density at radius 1 is 1.50 bits per heavy atom. The van der Waals surface area contributed by atoms with Crippen molar-refractivity contribution < 1.29 is 0 Å². The van der Waals surface area contributed by atoms with Crippen LogP contribution in [-0.4, -0.2) is 12.3 Å². The molecule has 0 radical (unpaired) electrons. The van der Waals surface area contributed by atoms with Crippen LogP contribution in [0.25, 0.3) is 0 Å². The fraction of sp³-hybridized carbons (Fsp3) is 0.455. The van der Waals surface area contributed by atoms with E-state index < -0.39 is 0 Å². The maximum absolute atomic E-state index is 5.91. The molecule has 1 aromatic rings. The molecule has 1 aromatic carbocycles. The quantitative estimate of drug-likeness (QED) is 0.851. The molecule has 14 heavy (non-hydrogen) atoms. The van der Waals surface area contributed by atoms with Gasteiger partial charge in [0, 0.05) is 15.4 Å². The third-order valence-electron chi connectivity index (χ3n) is 2.24. The third kappa shape index (κ3) is 3.30. The van der Waals surface area contributed by atoms with Gasteiger partial charge in [0.05, 0.1) is 0 Å². The zero-order chi connectivity index (χ0) is 10.6. The number of nitrogens with two attached hydrogens (primary N) is 1. The molecule has 0 aliphatic heterocycles. The van der Waals surface area contributed by atoms with Crippen LogP contribution in [-0.2, 0) is 6.42 Å². The highest BCUT2D eigenvalue weighted by Crippen LogP contribution is 2.26. The lowest BCUT2D eigenvalue weighted by Gasteiger charge is -2.10. The van der Waals surface area contributed by atoms with Crippen LogP contribution in [0.4, 0.5) is 0 Å². The average Bonchev–Trinajstić information content (AvgIpc) is 2.18. The summed E-state index contributed by atoms with van der Waals surface area (Å²) < 4.78 is 1.17. The molecule has 3 heteroatoms. The van der Waals surface area contributed by atoms with Crippen LogP contribution >= 0.6 is 27.7 Å². The highest BCUT2D eigenvalue weighted by molar-refractivity contribution is 9.10. The van der Waals surface area contributed by atoms with Crippen molar-refractivity contribution in [1.29, 1.82) is 0 Å². The van der Waals surface area contributed by atoms with E-state index in [9.17, 15) is 0 Å². The second-order valence-electron chi connectivity index (χ2n) is 3.34. The minimum Gasteiger partial charge on any atom is -0.327 e. The SMILES string of the molecule is CCC(N)Cc1ccc(SC)c(Br)c1. The standard InChI is InChI=1S/C11H16BrNS/c1-3-9(13)6-8-4-5-11(14-2)10(12)7-8/h4-5,7,9H,3,6,13H2,1-2H3. The summed E-state index contributed by atoms with van der Waals surface area (Å²) in [7, 11) is 0. The predicted octanol–water partition coefficient (Wildman–Crippen LogP) is 3.45. The van der Waals surface area contributed by atoms with E-state index in [1.165, 1.54) is 14.9 Å². The van der Waals surface area contributed by atoms with Gasteiger partial charge in [0.1, 0.15) is 0 Å². The molecule has 0 saturated heterocycles. The molecule has 1 unspecified atom stereocenters. The molecule has 0 bridgehead atoms. The molecule has 0 saturated carbocycles. The summed E-state index contributed by atoms with van der Waals surface area (Å²) in [4.78, 5) is 1.28. The van der Waals surface area contributed by atoms with E-state index in [1.807, 2.05) is 0 Å². The van der Waals surface area contributed by atoms with Gasteiger partial charge in [-0.05, 0) is 52.7 Å². The Balaban J connectivity index is 2.76. The first-order valence-corrected chi connectivity index (χ1v) is 6.77. The molecular weight excluding hydrogens is 258 g/mol. The molecular formula is C11H16BrNS. The van der Waals surface area contributed by atoms with E-state index in [2.05, 4.69) is 47.3 Å². The van der Waals surface area contributed by atoms with E-state index in [0.29, 0.717) is 0 Å². The Morgan fingerprint density at radius 3 is 2.71 bits per heavy atom. The lowest BCUT2D eigenvalue weighted by molar-refractivity contribution is 0.646. The molecule has 0 spiro atoms. The molecule has 0 heterocycles. The summed E-state index contributed by atoms with van der Waals surface area (Å²) in [5, 5.41) is 0. The maximum atomic E-state index is 5.91. The normalized spacial score (nSPS) is 12.9. The summed E-state index contributed by atoms with van der Waals surface area (Å²) in [6.45, 7) is 2.12. The fourth-order valence-electron chi connectivity index (χ4n) is 1.28. The van der Waals surface area contributed by atoms with Crippen LogP contribution < -0.4 is 5.73 Å². The van der Waals surface area contributed by atoms with Crippen molar-refractivity contribution in [2.45, 2.75) is 30.7 Å². The second-order valence-corrected chi connectivity index (χ2v) is 5.04. The molecule has 2 N–H and O–H groups in total. The number of hydrogen-bond donors (Lipinski definition) is 1. The first-order chi connectivity index (χ1) is 6.67. The van der Waals surface area contributed by atoms with Crippen molar-refractivity contribution in [2.75, 3.05) is 6.26 Å².